The predicted molar refractivity (Wildman–Crippen MR) is 113 cm³/mol. The standard InChI is InChI=1S/C24H26N2O/c1-2-26(23-11-7-4-8-12-23)17-18-27-19-20-13-15-22(16-14-20)24(25)21-9-5-3-6-10-21/h3-16,25H,2,17-19H2,1H3. The normalized spacial score (nSPS) is 10.6. The molecule has 0 radical (unpaired) electrons. The topological polar surface area (TPSA) is 36.3 Å². The zero-order valence-corrected chi connectivity index (χ0v) is 15.8. The molecule has 0 amide bonds. The second-order valence-corrected chi connectivity index (χ2v) is 6.41. The number of rotatable bonds is 9. The minimum Gasteiger partial charge on any atom is -0.375 e. The summed E-state index contributed by atoms with van der Waals surface area (Å²) in [6.07, 6.45) is 0. The van der Waals surface area contributed by atoms with Crippen LogP contribution in [0.3, 0.4) is 0 Å². The molecule has 27 heavy (non-hydrogen) atoms. The Hall–Kier alpha value is -2.91. The van der Waals surface area contributed by atoms with Crippen LogP contribution in [-0.2, 0) is 11.3 Å². The van der Waals surface area contributed by atoms with Crippen LogP contribution in [-0.4, -0.2) is 25.4 Å². The second kappa shape index (κ2) is 9.70. The van der Waals surface area contributed by atoms with E-state index in [-0.39, 0.29) is 0 Å². The van der Waals surface area contributed by atoms with Gasteiger partial charge in [0.05, 0.1) is 18.9 Å². The molecule has 0 spiro atoms. The van der Waals surface area contributed by atoms with Crippen LogP contribution < -0.4 is 4.90 Å². The molecule has 0 unspecified atom stereocenters. The minimum atomic E-state index is 0.546. The molecule has 0 fully saturated rings. The zero-order chi connectivity index (χ0) is 18.9. The number of nitrogens with zero attached hydrogens (tertiary/aromatic N) is 1. The maximum Gasteiger partial charge on any atom is 0.0717 e. The number of ether oxygens (including phenoxy) is 1. The van der Waals surface area contributed by atoms with Gasteiger partial charge in [-0.15, -0.1) is 0 Å². The highest BCUT2D eigenvalue weighted by atomic mass is 16.5. The Labute approximate surface area is 161 Å². The maximum atomic E-state index is 8.32. The van der Waals surface area contributed by atoms with Gasteiger partial charge in [-0.25, -0.2) is 0 Å². The fraction of sp³-hybridized carbons (Fsp3) is 0.208. The molecule has 0 aromatic heterocycles. The summed E-state index contributed by atoms with van der Waals surface area (Å²) in [7, 11) is 0. The summed E-state index contributed by atoms with van der Waals surface area (Å²) < 4.78 is 5.86. The Morgan fingerprint density at radius 3 is 2.04 bits per heavy atom. The fourth-order valence-electron chi connectivity index (χ4n) is 3.01. The molecule has 0 saturated carbocycles. The van der Waals surface area contributed by atoms with Crippen molar-refractivity contribution >= 4 is 11.4 Å². The van der Waals surface area contributed by atoms with Crippen molar-refractivity contribution in [1.29, 1.82) is 5.41 Å². The van der Waals surface area contributed by atoms with Gasteiger partial charge in [-0.2, -0.15) is 0 Å². The van der Waals surface area contributed by atoms with Crippen LogP contribution in [0.1, 0.15) is 23.6 Å². The van der Waals surface area contributed by atoms with E-state index in [1.54, 1.807) is 0 Å². The van der Waals surface area contributed by atoms with E-state index in [2.05, 4.69) is 36.1 Å². The first-order chi connectivity index (χ1) is 13.3. The van der Waals surface area contributed by atoms with E-state index in [9.17, 15) is 0 Å². The Bertz CT molecular complexity index is 829. The van der Waals surface area contributed by atoms with E-state index >= 15 is 0 Å². The summed E-state index contributed by atoms with van der Waals surface area (Å²) in [5, 5.41) is 8.32. The number of hydrogen-bond acceptors (Lipinski definition) is 3. The van der Waals surface area contributed by atoms with E-state index < -0.39 is 0 Å². The molecule has 0 aliphatic rings. The smallest absolute Gasteiger partial charge is 0.0717 e. The highest BCUT2D eigenvalue weighted by Crippen LogP contribution is 2.13. The average molecular weight is 358 g/mol. The van der Waals surface area contributed by atoms with Crippen molar-refractivity contribution in [3.05, 3.63) is 102 Å². The molecule has 0 aliphatic heterocycles. The number of hydrogen-bond donors (Lipinski definition) is 1. The Morgan fingerprint density at radius 1 is 0.815 bits per heavy atom. The quantitative estimate of drug-likeness (QED) is 0.424. The lowest BCUT2D eigenvalue weighted by molar-refractivity contribution is 0.127. The molecule has 0 heterocycles. The van der Waals surface area contributed by atoms with Crippen molar-refractivity contribution in [2.24, 2.45) is 0 Å². The summed E-state index contributed by atoms with van der Waals surface area (Å²) in [5.74, 6) is 0. The van der Waals surface area contributed by atoms with Gasteiger partial charge < -0.3 is 9.64 Å². The summed E-state index contributed by atoms with van der Waals surface area (Å²) in [5.41, 5.74) is 4.76. The molecular formula is C24H26N2O. The Kier molecular flexibility index (Phi) is 6.78. The maximum absolute atomic E-state index is 8.32. The van der Waals surface area contributed by atoms with Gasteiger partial charge in [0.2, 0.25) is 0 Å². The summed E-state index contributed by atoms with van der Waals surface area (Å²) in [4.78, 5) is 2.31. The SMILES string of the molecule is CCN(CCOCc1ccc(C(=N)c2ccccc2)cc1)c1ccccc1. The second-order valence-electron chi connectivity index (χ2n) is 6.41. The van der Waals surface area contributed by atoms with Crippen molar-refractivity contribution in [2.75, 3.05) is 24.6 Å². The lowest BCUT2D eigenvalue weighted by Gasteiger charge is -2.22. The Morgan fingerprint density at radius 2 is 1.41 bits per heavy atom. The van der Waals surface area contributed by atoms with Gasteiger partial charge in [-0.1, -0.05) is 72.8 Å². The average Bonchev–Trinajstić information content (AvgIpc) is 2.75. The van der Waals surface area contributed by atoms with Gasteiger partial charge in [-0.05, 0) is 30.2 Å². The summed E-state index contributed by atoms with van der Waals surface area (Å²) in [6.45, 7) is 5.27. The molecule has 1 N–H and O–H groups in total. The predicted octanol–water partition coefficient (Wildman–Crippen LogP) is 5.15. The van der Waals surface area contributed by atoms with Crippen LogP contribution in [0.5, 0.6) is 0 Å². The lowest BCUT2D eigenvalue weighted by atomic mass is 10.0. The minimum absolute atomic E-state index is 0.546. The van der Waals surface area contributed by atoms with E-state index in [4.69, 9.17) is 10.1 Å². The van der Waals surface area contributed by atoms with Crippen LogP contribution in [0.25, 0.3) is 0 Å². The first-order valence-corrected chi connectivity index (χ1v) is 9.39. The van der Waals surface area contributed by atoms with Crippen LogP contribution in [0, 0.1) is 5.41 Å². The largest absolute Gasteiger partial charge is 0.375 e. The van der Waals surface area contributed by atoms with Crippen molar-refractivity contribution < 1.29 is 4.74 Å². The number of likely N-dealkylation sites (N-methyl/N-ethyl adjacent to an activating group) is 1. The van der Waals surface area contributed by atoms with E-state index in [0.29, 0.717) is 18.9 Å². The van der Waals surface area contributed by atoms with Crippen LogP contribution >= 0.6 is 0 Å². The molecule has 3 nitrogen and oxygen atoms in total. The Balaban J connectivity index is 1.48. The van der Waals surface area contributed by atoms with Gasteiger partial charge in [0.15, 0.2) is 0 Å². The van der Waals surface area contributed by atoms with E-state index in [0.717, 1.165) is 29.8 Å². The van der Waals surface area contributed by atoms with Crippen molar-refractivity contribution in [3.8, 4) is 0 Å². The van der Waals surface area contributed by atoms with Gasteiger partial charge in [-0.3, -0.25) is 5.41 Å². The number of para-hydroxylation sites is 1. The van der Waals surface area contributed by atoms with Crippen molar-refractivity contribution in [2.45, 2.75) is 13.5 Å². The first-order valence-electron chi connectivity index (χ1n) is 9.39. The van der Waals surface area contributed by atoms with E-state index in [1.165, 1.54) is 5.69 Å². The molecule has 3 rings (SSSR count). The molecule has 0 bridgehead atoms. The highest BCUT2D eigenvalue weighted by molar-refractivity contribution is 6.10. The summed E-state index contributed by atoms with van der Waals surface area (Å²) in [6, 6.07) is 28.3. The highest BCUT2D eigenvalue weighted by Gasteiger charge is 2.05. The lowest BCUT2D eigenvalue weighted by Crippen LogP contribution is -2.26. The fourth-order valence-corrected chi connectivity index (χ4v) is 3.01. The third-order valence-electron chi connectivity index (χ3n) is 4.58. The molecule has 138 valence electrons. The molecule has 0 saturated heterocycles. The first kappa shape index (κ1) is 18.9. The van der Waals surface area contributed by atoms with Crippen LogP contribution in [0.4, 0.5) is 5.69 Å². The molecule has 3 aromatic rings. The van der Waals surface area contributed by atoms with Gasteiger partial charge >= 0.3 is 0 Å². The van der Waals surface area contributed by atoms with Crippen LogP contribution in [0.2, 0.25) is 0 Å². The monoisotopic (exact) mass is 358 g/mol. The van der Waals surface area contributed by atoms with Gasteiger partial charge in [0, 0.05) is 24.3 Å². The third kappa shape index (κ3) is 5.28. The van der Waals surface area contributed by atoms with Crippen LogP contribution in [0.15, 0.2) is 84.9 Å². The van der Waals surface area contributed by atoms with Crippen molar-refractivity contribution in [3.63, 3.8) is 0 Å². The molecule has 0 aliphatic carbocycles. The van der Waals surface area contributed by atoms with Gasteiger partial charge in [0.25, 0.3) is 0 Å². The number of benzene rings is 3. The van der Waals surface area contributed by atoms with Gasteiger partial charge in [0.1, 0.15) is 0 Å². The molecule has 3 aromatic carbocycles. The third-order valence-corrected chi connectivity index (χ3v) is 4.58. The number of anilines is 1. The number of nitrogens with one attached hydrogen (secondary N) is 1. The van der Waals surface area contributed by atoms with Crippen molar-refractivity contribution in [1.82, 2.24) is 0 Å². The zero-order valence-electron chi connectivity index (χ0n) is 15.8. The van der Waals surface area contributed by atoms with E-state index in [1.807, 2.05) is 60.7 Å². The molecule has 0 atom stereocenters. The molecular weight excluding hydrogens is 332 g/mol. The molecule has 3 heteroatoms. The summed E-state index contributed by atoms with van der Waals surface area (Å²) >= 11 is 0.